The summed E-state index contributed by atoms with van der Waals surface area (Å²) in [7, 11) is -3.26. The first-order valence-electron chi connectivity index (χ1n) is 9.16. The van der Waals surface area contributed by atoms with Gasteiger partial charge in [0.25, 0.3) is 0 Å². The van der Waals surface area contributed by atoms with Gasteiger partial charge < -0.3 is 4.90 Å². The van der Waals surface area contributed by atoms with Crippen LogP contribution in [0.1, 0.15) is 12.0 Å². The minimum absolute atomic E-state index is 0.0452. The van der Waals surface area contributed by atoms with Crippen LogP contribution in [0.4, 0.5) is 5.69 Å². The predicted molar refractivity (Wildman–Crippen MR) is 107 cm³/mol. The van der Waals surface area contributed by atoms with E-state index in [4.69, 9.17) is 0 Å². The average molecular weight is 374 g/mol. The van der Waals surface area contributed by atoms with Crippen molar-refractivity contribution in [3.8, 4) is 0 Å². The minimum Gasteiger partial charge on any atom is -0.369 e. The highest BCUT2D eigenvalue weighted by Gasteiger charge is 2.17. The molecule has 0 amide bonds. The Morgan fingerprint density at radius 1 is 0.846 bits per heavy atom. The smallest absolute Gasteiger partial charge is 0.215 e. The van der Waals surface area contributed by atoms with Gasteiger partial charge in [-0.05, 0) is 30.7 Å². The van der Waals surface area contributed by atoms with Gasteiger partial charge >= 0.3 is 0 Å². The number of nitrogens with zero attached hydrogens (tertiary/aromatic N) is 2. The van der Waals surface area contributed by atoms with Crippen LogP contribution in [0.3, 0.4) is 0 Å². The lowest BCUT2D eigenvalue weighted by atomic mass is 10.2. The maximum Gasteiger partial charge on any atom is 0.215 e. The van der Waals surface area contributed by atoms with Gasteiger partial charge in [0.1, 0.15) is 0 Å². The number of benzene rings is 2. The number of hydrogen-bond acceptors (Lipinski definition) is 4. The van der Waals surface area contributed by atoms with Crippen molar-refractivity contribution in [1.29, 1.82) is 0 Å². The van der Waals surface area contributed by atoms with Gasteiger partial charge in [-0.15, -0.1) is 0 Å². The van der Waals surface area contributed by atoms with Crippen molar-refractivity contribution < 1.29 is 8.42 Å². The monoisotopic (exact) mass is 373 g/mol. The molecule has 140 valence electrons. The third kappa shape index (κ3) is 5.83. The Kier molecular flexibility index (Phi) is 6.66. The van der Waals surface area contributed by atoms with Crippen LogP contribution in [-0.2, 0) is 15.8 Å². The Hall–Kier alpha value is -1.89. The van der Waals surface area contributed by atoms with Gasteiger partial charge in [0.05, 0.1) is 5.75 Å². The number of sulfonamides is 1. The normalized spacial score (nSPS) is 15.9. The zero-order valence-corrected chi connectivity index (χ0v) is 15.9. The van der Waals surface area contributed by atoms with Crippen molar-refractivity contribution in [2.45, 2.75) is 12.2 Å². The minimum atomic E-state index is -3.26. The molecule has 0 bridgehead atoms. The molecule has 0 radical (unpaired) electrons. The van der Waals surface area contributed by atoms with Gasteiger partial charge in [-0.3, -0.25) is 4.90 Å². The molecule has 5 nitrogen and oxygen atoms in total. The summed E-state index contributed by atoms with van der Waals surface area (Å²) >= 11 is 0. The fraction of sp³-hybridized carbons (Fsp3) is 0.400. The summed E-state index contributed by atoms with van der Waals surface area (Å²) in [5.74, 6) is 0.0452. The SMILES string of the molecule is O=S(=O)(Cc1ccccc1)NCCCN1CCN(c2ccccc2)CC1. The van der Waals surface area contributed by atoms with Gasteiger partial charge in [-0.2, -0.15) is 0 Å². The first-order chi connectivity index (χ1) is 12.6. The zero-order valence-electron chi connectivity index (χ0n) is 15.0. The van der Waals surface area contributed by atoms with Crippen LogP contribution in [0.25, 0.3) is 0 Å². The van der Waals surface area contributed by atoms with Crippen molar-refractivity contribution >= 4 is 15.7 Å². The van der Waals surface area contributed by atoms with E-state index in [1.54, 1.807) is 0 Å². The molecule has 1 heterocycles. The van der Waals surface area contributed by atoms with Crippen molar-refractivity contribution in [2.24, 2.45) is 0 Å². The quantitative estimate of drug-likeness (QED) is 0.722. The summed E-state index contributed by atoms with van der Waals surface area (Å²) in [6.45, 7) is 5.50. The molecular formula is C20H27N3O2S. The number of nitrogens with one attached hydrogen (secondary N) is 1. The van der Waals surface area contributed by atoms with Gasteiger partial charge in [-0.25, -0.2) is 13.1 Å². The first-order valence-corrected chi connectivity index (χ1v) is 10.8. The van der Waals surface area contributed by atoms with Crippen LogP contribution < -0.4 is 9.62 Å². The third-order valence-electron chi connectivity index (χ3n) is 4.67. The second kappa shape index (κ2) is 9.16. The van der Waals surface area contributed by atoms with E-state index in [1.807, 2.05) is 36.4 Å². The van der Waals surface area contributed by atoms with Crippen molar-refractivity contribution in [2.75, 3.05) is 44.2 Å². The molecule has 0 aromatic heterocycles. The Bertz CT molecular complexity index is 758. The molecule has 2 aromatic rings. The number of piperazine rings is 1. The van der Waals surface area contributed by atoms with E-state index in [0.29, 0.717) is 6.54 Å². The van der Waals surface area contributed by atoms with E-state index >= 15 is 0 Å². The highest BCUT2D eigenvalue weighted by molar-refractivity contribution is 7.88. The van der Waals surface area contributed by atoms with Crippen LogP contribution in [0.2, 0.25) is 0 Å². The molecule has 3 rings (SSSR count). The summed E-state index contributed by atoms with van der Waals surface area (Å²) in [6, 6.07) is 19.8. The summed E-state index contributed by atoms with van der Waals surface area (Å²) < 4.78 is 27.0. The van der Waals surface area contributed by atoms with Gasteiger partial charge in [0, 0.05) is 38.4 Å². The summed E-state index contributed by atoms with van der Waals surface area (Å²) in [6.07, 6.45) is 0.833. The maximum absolute atomic E-state index is 12.1. The average Bonchev–Trinajstić information content (AvgIpc) is 2.67. The first kappa shape index (κ1) is 18.9. The fourth-order valence-corrected chi connectivity index (χ4v) is 4.43. The second-order valence-electron chi connectivity index (χ2n) is 6.66. The Balaban J connectivity index is 1.34. The molecule has 0 atom stereocenters. The second-order valence-corrected chi connectivity index (χ2v) is 8.46. The van der Waals surface area contributed by atoms with Gasteiger partial charge in [0.2, 0.25) is 10.0 Å². The molecule has 6 heteroatoms. The molecule has 0 spiro atoms. The number of anilines is 1. The molecule has 26 heavy (non-hydrogen) atoms. The van der Waals surface area contributed by atoms with Crippen molar-refractivity contribution in [3.63, 3.8) is 0 Å². The molecular weight excluding hydrogens is 346 g/mol. The maximum atomic E-state index is 12.1. The van der Waals surface area contributed by atoms with E-state index in [0.717, 1.165) is 44.7 Å². The topological polar surface area (TPSA) is 52.7 Å². The molecule has 1 aliphatic rings. The predicted octanol–water partition coefficient (Wildman–Crippen LogP) is 2.32. The Morgan fingerprint density at radius 3 is 2.12 bits per heavy atom. The van der Waals surface area contributed by atoms with Crippen LogP contribution >= 0.6 is 0 Å². The highest BCUT2D eigenvalue weighted by atomic mass is 32.2. The molecule has 0 aliphatic carbocycles. The number of hydrogen-bond donors (Lipinski definition) is 1. The molecule has 0 saturated carbocycles. The molecule has 1 fully saturated rings. The zero-order chi connectivity index (χ0) is 18.2. The molecule has 0 unspecified atom stereocenters. The molecule has 2 aromatic carbocycles. The third-order valence-corrected chi connectivity index (χ3v) is 6.02. The van der Waals surface area contributed by atoms with Crippen LogP contribution in [0.15, 0.2) is 60.7 Å². The summed E-state index contributed by atoms with van der Waals surface area (Å²) in [5.41, 5.74) is 2.10. The molecule has 1 saturated heterocycles. The van der Waals surface area contributed by atoms with Gasteiger partial charge in [0.15, 0.2) is 0 Å². The van der Waals surface area contributed by atoms with E-state index in [9.17, 15) is 8.42 Å². The lowest BCUT2D eigenvalue weighted by molar-refractivity contribution is 0.255. The summed E-state index contributed by atoms with van der Waals surface area (Å²) in [4.78, 5) is 4.81. The molecule has 1 N–H and O–H groups in total. The van der Waals surface area contributed by atoms with Gasteiger partial charge in [-0.1, -0.05) is 48.5 Å². The largest absolute Gasteiger partial charge is 0.369 e. The lowest BCUT2D eigenvalue weighted by Crippen LogP contribution is -2.47. The van der Waals surface area contributed by atoms with Crippen LogP contribution in [-0.4, -0.2) is 52.6 Å². The Labute approximate surface area is 156 Å². The van der Waals surface area contributed by atoms with E-state index in [-0.39, 0.29) is 5.75 Å². The van der Waals surface area contributed by atoms with Crippen molar-refractivity contribution in [1.82, 2.24) is 9.62 Å². The molecule has 1 aliphatic heterocycles. The van der Waals surface area contributed by atoms with E-state index in [2.05, 4.69) is 38.8 Å². The van der Waals surface area contributed by atoms with Crippen LogP contribution in [0, 0.1) is 0 Å². The summed E-state index contributed by atoms with van der Waals surface area (Å²) in [5, 5.41) is 0. The lowest BCUT2D eigenvalue weighted by Gasteiger charge is -2.36. The van der Waals surface area contributed by atoms with E-state index < -0.39 is 10.0 Å². The fourth-order valence-electron chi connectivity index (χ4n) is 3.24. The highest BCUT2D eigenvalue weighted by Crippen LogP contribution is 2.15. The van der Waals surface area contributed by atoms with E-state index in [1.165, 1.54) is 5.69 Å². The Morgan fingerprint density at radius 2 is 1.46 bits per heavy atom. The van der Waals surface area contributed by atoms with Crippen LogP contribution in [0.5, 0.6) is 0 Å². The van der Waals surface area contributed by atoms with Crippen molar-refractivity contribution in [3.05, 3.63) is 66.2 Å². The standard InChI is InChI=1S/C20H27N3O2S/c24-26(25,18-19-8-3-1-4-9-19)21-12-7-13-22-14-16-23(17-15-22)20-10-5-2-6-11-20/h1-6,8-11,21H,7,12-18H2. The number of para-hydroxylation sites is 1. The number of rotatable bonds is 8.